The summed E-state index contributed by atoms with van der Waals surface area (Å²) in [6.07, 6.45) is -0.115. The highest BCUT2D eigenvalue weighted by Gasteiger charge is 2.19. The first-order valence-electron chi connectivity index (χ1n) is 6.05. The van der Waals surface area contributed by atoms with Gasteiger partial charge in [-0.05, 0) is 30.5 Å². The second kappa shape index (κ2) is 6.16. The van der Waals surface area contributed by atoms with Crippen molar-refractivity contribution in [1.29, 1.82) is 0 Å². The van der Waals surface area contributed by atoms with Crippen LogP contribution in [0.4, 0.5) is 0 Å². The summed E-state index contributed by atoms with van der Waals surface area (Å²) in [7, 11) is -3.55. The third kappa shape index (κ3) is 4.65. The molecule has 1 aromatic rings. The number of sulfonamides is 1. The van der Waals surface area contributed by atoms with E-state index >= 15 is 0 Å². The molecule has 1 atom stereocenters. The SMILES string of the molecule is CC(C)C(C)NS(=O)(=O)c1ccc(CC(=O)O)cc1. The Bertz CT molecular complexity index is 534. The molecular formula is C13H19NO4S. The number of carboxylic acid groups (broad SMARTS) is 1. The van der Waals surface area contributed by atoms with Crippen LogP contribution in [0.15, 0.2) is 29.2 Å². The highest BCUT2D eigenvalue weighted by Crippen LogP contribution is 2.13. The van der Waals surface area contributed by atoms with Gasteiger partial charge in [0.05, 0.1) is 11.3 Å². The summed E-state index contributed by atoms with van der Waals surface area (Å²) < 4.78 is 26.7. The van der Waals surface area contributed by atoms with Crippen molar-refractivity contribution < 1.29 is 18.3 Å². The molecule has 0 fully saturated rings. The number of benzene rings is 1. The molecule has 0 aromatic heterocycles. The number of nitrogens with one attached hydrogen (secondary N) is 1. The zero-order valence-corrected chi connectivity index (χ0v) is 12.1. The van der Waals surface area contributed by atoms with Gasteiger partial charge in [-0.3, -0.25) is 4.79 Å². The Morgan fingerprint density at radius 1 is 1.21 bits per heavy atom. The van der Waals surface area contributed by atoms with Crippen molar-refractivity contribution in [2.24, 2.45) is 5.92 Å². The van der Waals surface area contributed by atoms with E-state index in [0.29, 0.717) is 5.56 Å². The van der Waals surface area contributed by atoms with Gasteiger partial charge in [-0.25, -0.2) is 13.1 Å². The Kier molecular flexibility index (Phi) is 5.08. The predicted octanol–water partition coefficient (Wildman–Crippen LogP) is 1.64. The van der Waals surface area contributed by atoms with Gasteiger partial charge < -0.3 is 5.11 Å². The van der Waals surface area contributed by atoms with Gasteiger partial charge in [-0.15, -0.1) is 0 Å². The predicted molar refractivity (Wildman–Crippen MR) is 72.4 cm³/mol. The first-order chi connectivity index (χ1) is 8.72. The summed E-state index contributed by atoms with van der Waals surface area (Å²) >= 11 is 0. The van der Waals surface area contributed by atoms with E-state index in [1.165, 1.54) is 24.3 Å². The number of carboxylic acids is 1. The minimum atomic E-state index is -3.55. The van der Waals surface area contributed by atoms with Gasteiger partial charge in [0.25, 0.3) is 0 Å². The molecular weight excluding hydrogens is 266 g/mol. The fraction of sp³-hybridized carbons (Fsp3) is 0.462. The summed E-state index contributed by atoms with van der Waals surface area (Å²) in [5.41, 5.74) is 0.573. The number of hydrogen-bond acceptors (Lipinski definition) is 3. The Hall–Kier alpha value is -1.40. The van der Waals surface area contributed by atoms with E-state index in [1.54, 1.807) is 6.92 Å². The average molecular weight is 285 g/mol. The summed E-state index contributed by atoms with van der Waals surface area (Å²) in [6.45, 7) is 5.67. The maximum Gasteiger partial charge on any atom is 0.307 e. The zero-order valence-electron chi connectivity index (χ0n) is 11.3. The van der Waals surface area contributed by atoms with Crippen molar-refractivity contribution in [1.82, 2.24) is 4.72 Å². The Balaban J connectivity index is 2.87. The normalized spacial score (nSPS) is 13.5. The van der Waals surface area contributed by atoms with Crippen molar-refractivity contribution in [3.05, 3.63) is 29.8 Å². The zero-order chi connectivity index (χ0) is 14.6. The summed E-state index contributed by atoms with van der Waals surface area (Å²) in [5, 5.41) is 8.65. The van der Waals surface area contributed by atoms with Gasteiger partial charge >= 0.3 is 5.97 Å². The minimum absolute atomic E-state index is 0.115. The van der Waals surface area contributed by atoms with Crippen LogP contribution in [0, 0.1) is 5.92 Å². The van der Waals surface area contributed by atoms with Crippen molar-refractivity contribution in [3.8, 4) is 0 Å². The molecule has 2 N–H and O–H groups in total. The Morgan fingerprint density at radius 2 is 1.74 bits per heavy atom. The molecule has 19 heavy (non-hydrogen) atoms. The molecule has 0 saturated heterocycles. The lowest BCUT2D eigenvalue weighted by atomic mass is 10.1. The molecule has 1 aromatic carbocycles. The van der Waals surface area contributed by atoms with Crippen LogP contribution in [0.1, 0.15) is 26.3 Å². The van der Waals surface area contributed by atoms with Crippen molar-refractivity contribution in [3.63, 3.8) is 0 Å². The summed E-state index contributed by atoms with van der Waals surface area (Å²) in [5.74, 6) is -0.747. The van der Waals surface area contributed by atoms with Gasteiger partial charge in [-0.1, -0.05) is 26.0 Å². The number of hydrogen-bond donors (Lipinski definition) is 2. The molecule has 0 saturated carbocycles. The Labute approximate surface area is 113 Å². The van der Waals surface area contributed by atoms with E-state index in [-0.39, 0.29) is 23.3 Å². The second-order valence-electron chi connectivity index (χ2n) is 4.87. The first kappa shape index (κ1) is 15.7. The molecule has 0 heterocycles. The molecule has 0 amide bonds. The largest absolute Gasteiger partial charge is 0.481 e. The maximum atomic E-state index is 12.1. The Morgan fingerprint density at radius 3 is 2.16 bits per heavy atom. The maximum absolute atomic E-state index is 12.1. The van der Waals surface area contributed by atoms with Crippen LogP contribution in [0.25, 0.3) is 0 Å². The lowest BCUT2D eigenvalue weighted by molar-refractivity contribution is -0.136. The van der Waals surface area contributed by atoms with Gasteiger partial charge in [0.1, 0.15) is 0 Å². The molecule has 0 aliphatic rings. The minimum Gasteiger partial charge on any atom is -0.481 e. The smallest absolute Gasteiger partial charge is 0.307 e. The van der Waals surface area contributed by atoms with E-state index in [9.17, 15) is 13.2 Å². The average Bonchev–Trinajstić information content (AvgIpc) is 2.28. The summed E-state index contributed by atoms with van der Waals surface area (Å²) in [6, 6.07) is 5.72. The van der Waals surface area contributed by atoms with Crippen molar-refractivity contribution in [2.75, 3.05) is 0 Å². The van der Waals surface area contributed by atoms with Crippen LogP contribution < -0.4 is 4.72 Å². The van der Waals surface area contributed by atoms with Crippen LogP contribution in [0.3, 0.4) is 0 Å². The number of aliphatic carboxylic acids is 1. The third-order valence-corrected chi connectivity index (χ3v) is 4.50. The fourth-order valence-electron chi connectivity index (χ4n) is 1.41. The van der Waals surface area contributed by atoms with E-state index in [0.717, 1.165) is 0 Å². The highest BCUT2D eigenvalue weighted by atomic mass is 32.2. The fourth-order valence-corrected chi connectivity index (χ4v) is 2.80. The van der Waals surface area contributed by atoms with Crippen LogP contribution in [-0.2, 0) is 21.2 Å². The molecule has 1 rings (SSSR count). The molecule has 0 radical (unpaired) electrons. The molecule has 0 aliphatic carbocycles. The van der Waals surface area contributed by atoms with Crippen LogP contribution >= 0.6 is 0 Å². The van der Waals surface area contributed by atoms with Crippen LogP contribution in [0.5, 0.6) is 0 Å². The molecule has 6 heteroatoms. The standard InChI is InChI=1S/C13H19NO4S/c1-9(2)10(3)14-19(17,18)12-6-4-11(5-7-12)8-13(15)16/h4-7,9-10,14H,8H2,1-3H3,(H,15,16). The first-order valence-corrected chi connectivity index (χ1v) is 7.54. The highest BCUT2D eigenvalue weighted by molar-refractivity contribution is 7.89. The monoisotopic (exact) mass is 285 g/mol. The van der Waals surface area contributed by atoms with E-state index < -0.39 is 16.0 Å². The van der Waals surface area contributed by atoms with Gasteiger partial charge in [0, 0.05) is 6.04 Å². The molecule has 0 spiro atoms. The van der Waals surface area contributed by atoms with Gasteiger partial charge in [-0.2, -0.15) is 0 Å². The van der Waals surface area contributed by atoms with E-state index in [1.807, 2.05) is 13.8 Å². The van der Waals surface area contributed by atoms with Crippen molar-refractivity contribution >= 4 is 16.0 Å². The quantitative estimate of drug-likeness (QED) is 0.832. The van der Waals surface area contributed by atoms with E-state index in [4.69, 9.17) is 5.11 Å². The second-order valence-corrected chi connectivity index (χ2v) is 6.58. The lowest BCUT2D eigenvalue weighted by Crippen LogP contribution is -2.36. The number of carbonyl (C=O) groups is 1. The molecule has 106 valence electrons. The van der Waals surface area contributed by atoms with Crippen molar-refractivity contribution in [2.45, 2.75) is 38.1 Å². The van der Waals surface area contributed by atoms with Crippen LogP contribution in [0.2, 0.25) is 0 Å². The van der Waals surface area contributed by atoms with Crippen LogP contribution in [-0.4, -0.2) is 25.5 Å². The molecule has 1 unspecified atom stereocenters. The lowest BCUT2D eigenvalue weighted by Gasteiger charge is -2.17. The topological polar surface area (TPSA) is 83.5 Å². The molecule has 0 bridgehead atoms. The number of rotatable bonds is 6. The molecule has 0 aliphatic heterocycles. The van der Waals surface area contributed by atoms with Gasteiger partial charge in [0.15, 0.2) is 0 Å². The third-order valence-electron chi connectivity index (χ3n) is 2.93. The van der Waals surface area contributed by atoms with E-state index in [2.05, 4.69) is 4.72 Å². The molecule has 5 nitrogen and oxygen atoms in total. The summed E-state index contributed by atoms with van der Waals surface area (Å²) in [4.78, 5) is 10.7. The van der Waals surface area contributed by atoms with Gasteiger partial charge in [0.2, 0.25) is 10.0 Å².